The molecule has 18 heavy (non-hydrogen) atoms. The molecule has 1 aliphatic heterocycles. The van der Waals surface area contributed by atoms with Crippen molar-refractivity contribution in [2.45, 2.75) is 12.8 Å². The number of carboxylic acid groups (broad SMARTS) is 1. The third kappa shape index (κ3) is 3.37. The number of halogens is 1. The van der Waals surface area contributed by atoms with Gasteiger partial charge < -0.3 is 15.2 Å². The summed E-state index contributed by atoms with van der Waals surface area (Å²) in [6.45, 7) is 2.52. The molecule has 1 heterocycles. The number of rotatable bonds is 4. The Balaban J connectivity index is 1.93. The number of ether oxygens (including phenoxy) is 1. The molecule has 2 rings (SSSR count). The van der Waals surface area contributed by atoms with Crippen LogP contribution < -0.4 is 5.32 Å². The molecule has 0 bridgehead atoms. The van der Waals surface area contributed by atoms with E-state index in [0.717, 1.165) is 38.3 Å². The molecule has 1 aromatic rings. The summed E-state index contributed by atoms with van der Waals surface area (Å²) in [5.74, 6) is -0.396. The van der Waals surface area contributed by atoms with Crippen LogP contribution in [0.15, 0.2) is 18.2 Å². The molecule has 1 fully saturated rings. The van der Waals surface area contributed by atoms with Crippen LogP contribution in [0.5, 0.6) is 0 Å². The molecule has 1 aromatic carbocycles. The average Bonchev–Trinajstić information content (AvgIpc) is 2.37. The number of hydrogen-bond acceptors (Lipinski definition) is 3. The molecule has 0 radical (unpaired) electrons. The minimum absolute atomic E-state index is 0.133. The molecule has 0 aromatic heterocycles. The van der Waals surface area contributed by atoms with Gasteiger partial charge in [-0.15, -0.1) is 0 Å². The summed E-state index contributed by atoms with van der Waals surface area (Å²) in [5, 5.41) is 12.4. The molecule has 2 N–H and O–H groups in total. The van der Waals surface area contributed by atoms with Crippen LogP contribution in [0.4, 0.5) is 5.69 Å². The number of benzene rings is 1. The van der Waals surface area contributed by atoms with E-state index in [1.54, 1.807) is 12.1 Å². The van der Waals surface area contributed by atoms with Crippen molar-refractivity contribution in [1.82, 2.24) is 0 Å². The highest BCUT2D eigenvalue weighted by Crippen LogP contribution is 2.22. The van der Waals surface area contributed by atoms with E-state index >= 15 is 0 Å². The summed E-state index contributed by atoms with van der Waals surface area (Å²) in [6, 6.07) is 4.93. The van der Waals surface area contributed by atoms with E-state index in [2.05, 4.69) is 5.32 Å². The van der Waals surface area contributed by atoms with E-state index in [1.165, 1.54) is 6.07 Å². The number of carbonyl (C=O) groups is 1. The predicted molar refractivity (Wildman–Crippen MR) is 70.4 cm³/mol. The third-order valence-electron chi connectivity index (χ3n) is 3.14. The van der Waals surface area contributed by atoms with Crippen LogP contribution >= 0.6 is 11.6 Å². The zero-order valence-electron chi connectivity index (χ0n) is 9.99. The first-order valence-corrected chi connectivity index (χ1v) is 6.39. The fraction of sp³-hybridized carbons (Fsp3) is 0.462. The molecule has 1 aliphatic rings. The van der Waals surface area contributed by atoms with E-state index in [4.69, 9.17) is 21.4 Å². The topological polar surface area (TPSA) is 58.6 Å². The van der Waals surface area contributed by atoms with Crippen LogP contribution in [0.2, 0.25) is 5.02 Å². The lowest BCUT2D eigenvalue weighted by molar-refractivity contribution is 0.0694. The van der Waals surface area contributed by atoms with Gasteiger partial charge in [-0.25, -0.2) is 4.79 Å². The SMILES string of the molecule is O=C(O)c1ccc(NCC2CCOCC2)cc1Cl. The molecular weight excluding hydrogens is 254 g/mol. The van der Waals surface area contributed by atoms with Crippen molar-refractivity contribution in [3.05, 3.63) is 28.8 Å². The minimum atomic E-state index is -1.00. The van der Waals surface area contributed by atoms with E-state index in [1.807, 2.05) is 0 Å². The maximum absolute atomic E-state index is 10.8. The highest BCUT2D eigenvalue weighted by atomic mass is 35.5. The predicted octanol–water partition coefficient (Wildman–Crippen LogP) is 2.88. The second-order valence-electron chi connectivity index (χ2n) is 4.44. The minimum Gasteiger partial charge on any atom is -0.478 e. The Kier molecular flexibility index (Phi) is 4.44. The number of carboxylic acids is 1. The van der Waals surface area contributed by atoms with Crippen molar-refractivity contribution in [2.24, 2.45) is 5.92 Å². The highest BCUT2D eigenvalue weighted by Gasteiger charge is 2.14. The van der Waals surface area contributed by atoms with Gasteiger partial charge in [0.2, 0.25) is 0 Å². The number of nitrogens with one attached hydrogen (secondary N) is 1. The molecule has 0 unspecified atom stereocenters. The summed E-state index contributed by atoms with van der Waals surface area (Å²) >= 11 is 5.91. The molecule has 0 amide bonds. The fourth-order valence-corrected chi connectivity index (χ4v) is 2.27. The summed E-state index contributed by atoms with van der Waals surface area (Å²) in [5.41, 5.74) is 0.991. The standard InChI is InChI=1S/C13H16ClNO3/c14-12-7-10(1-2-11(12)13(16)17)15-8-9-3-5-18-6-4-9/h1-2,7,9,15H,3-6,8H2,(H,16,17). The summed E-state index contributed by atoms with van der Waals surface area (Å²) in [7, 11) is 0. The lowest BCUT2D eigenvalue weighted by Gasteiger charge is -2.22. The molecule has 0 saturated carbocycles. The first-order chi connectivity index (χ1) is 8.66. The smallest absolute Gasteiger partial charge is 0.337 e. The Morgan fingerprint density at radius 3 is 2.78 bits per heavy atom. The zero-order valence-corrected chi connectivity index (χ0v) is 10.7. The van der Waals surface area contributed by atoms with Gasteiger partial charge in [0.25, 0.3) is 0 Å². The van der Waals surface area contributed by atoms with Gasteiger partial charge in [-0.05, 0) is 37.0 Å². The van der Waals surface area contributed by atoms with Crippen molar-refractivity contribution < 1.29 is 14.6 Å². The fourth-order valence-electron chi connectivity index (χ4n) is 2.01. The van der Waals surface area contributed by atoms with Crippen molar-refractivity contribution in [3.8, 4) is 0 Å². The molecule has 5 heteroatoms. The van der Waals surface area contributed by atoms with Gasteiger partial charge in [0.15, 0.2) is 0 Å². The van der Waals surface area contributed by atoms with Crippen molar-refractivity contribution >= 4 is 23.3 Å². The van der Waals surface area contributed by atoms with Gasteiger partial charge in [0.05, 0.1) is 10.6 Å². The van der Waals surface area contributed by atoms with Crippen LogP contribution in [0, 0.1) is 5.92 Å². The number of anilines is 1. The van der Waals surface area contributed by atoms with Crippen LogP contribution in [0.3, 0.4) is 0 Å². The first-order valence-electron chi connectivity index (χ1n) is 6.01. The monoisotopic (exact) mass is 269 g/mol. The number of hydrogen-bond donors (Lipinski definition) is 2. The van der Waals surface area contributed by atoms with Gasteiger partial charge in [0, 0.05) is 25.4 Å². The van der Waals surface area contributed by atoms with Gasteiger partial charge in [-0.1, -0.05) is 11.6 Å². The van der Waals surface area contributed by atoms with Crippen molar-refractivity contribution in [2.75, 3.05) is 25.1 Å². The van der Waals surface area contributed by atoms with E-state index in [-0.39, 0.29) is 10.6 Å². The Hall–Kier alpha value is -1.26. The second kappa shape index (κ2) is 6.07. The Morgan fingerprint density at radius 1 is 1.44 bits per heavy atom. The van der Waals surface area contributed by atoms with E-state index in [9.17, 15) is 4.79 Å². The molecular formula is C13H16ClNO3. The normalized spacial score (nSPS) is 16.5. The molecule has 0 atom stereocenters. The van der Waals surface area contributed by atoms with E-state index in [0.29, 0.717) is 5.92 Å². The van der Waals surface area contributed by atoms with Gasteiger partial charge in [-0.2, -0.15) is 0 Å². The van der Waals surface area contributed by atoms with Crippen molar-refractivity contribution in [3.63, 3.8) is 0 Å². The van der Waals surface area contributed by atoms with Crippen LogP contribution in [0.25, 0.3) is 0 Å². The summed E-state index contributed by atoms with van der Waals surface area (Å²) in [6.07, 6.45) is 2.13. The maximum atomic E-state index is 10.8. The van der Waals surface area contributed by atoms with Gasteiger partial charge >= 0.3 is 5.97 Å². The molecule has 0 aliphatic carbocycles. The first kappa shape index (κ1) is 13.2. The second-order valence-corrected chi connectivity index (χ2v) is 4.84. The summed E-state index contributed by atoms with van der Waals surface area (Å²) < 4.78 is 5.30. The third-order valence-corrected chi connectivity index (χ3v) is 3.45. The van der Waals surface area contributed by atoms with E-state index < -0.39 is 5.97 Å². The highest BCUT2D eigenvalue weighted by molar-refractivity contribution is 6.33. The lowest BCUT2D eigenvalue weighted by atomic mass is 10.0. The quantitative estimate of drug-likeness (QED) is 0.882. The molecule has 98 valence electrons. The summed E-state index contributed by atoms with van der Waals surface area (Å²) in [4.78, 5) is 10.8. The Labute approximate surface area is 111 Å². The maximum Gasteiger partial charge on any atom is 0.337 e. The van der Waals surface area contributed by atoms with Crippen LogP contribution in [-0.4, -0.2) is 30.8 Å². The molecule has 0 spiro atoms. The van der Waals surface area contributed by atoms with Crippen molar-refractivity contribution in [1.29, 1.82) is 0 Å². The Bertz CT molecular complexity index is 430. The molecule has 4 nitrogen and oxygen atoms in total. The van der Waals surface area contributed by atoms with Crippen LogP contribution in [0.1, 0.15) is 23.2 Å². The Morgan fingerprint density at radius 2 is 2.17 bits per heavy atom. The largest absolute Gasteiger partial charge is 0.478 e. The number of aromatic carboxylic acids is 1. The zero-order chi connectivity index (χ0) is 13.0. The van der Waals surface area contributed by atoms with Gasteiger partial charge in [0.1, 0.15) is 0 Å². The van der Waals surface area contributed by atoms with Crippen LogP contribution in [-0.2, 0) is 4.74 Å². The molecule has 1 saturated heterocycles. The van der Waals surface area contributed by atoms with Gasteiger partial charge in [-0.3, -0.25) is 0 Å². The average molecular weight is 270 g/mol. The lowest BCUT2D eigenvalue weighted by Crippen LogP contribution is -2.22.